The molecule has 0 saturated carbocycles. The van der Waals surface area contributed by atoms with E-state index >= 15 is 0 Å². The third kappa shape index (κ3) is 3.59. The van der Waals surface area contributed by atoms with Crippen LogP contribution in [0.3, 0.4) is 0 Å². The van der Waals surface area contributed by atoms with Crippen LogP contribution in [0.5, 0.6) is 11.5 Å². The van der Waals surface area contributed by atoms with Crippen LogP contribution in [-0.4, -0.2) is 25.1 Å². The van der Waals surface area contributed by atoms with E-state index in [-0.39, 0.29) is 11.7 Å². The van der Waals surface area contributed by atoms with Crippen molar-refractivity contribution in [2.75, 3.05) is 14.2 Å². The molecule has 5 nitrogen and oxygen atoms in total. The number of aromatic nitrogens is 1. The van der Waals surface area contributed by atoms with Gasteiger partial charge in [-0.15, -0.1) is 0 Å². The fourth-order valence-corrected chi connectivity index (χ4v) is 2.79. The van der Waals surface area contributed by atoms with Crippen molar-refractivity contribution in [1.82, 2.24) is 10.3 Å². The Bertz CT molecular complexity index is 967. The summed E-state index contributed by atoms with van der Waals surface area (Å²) in [5.74, 6) is 0.592. The number of ether oxygens (including phenoxy) is 2. The summed E-state index contributed by atoms with van der Waals surface area (Å²) in [6.45, 7) is 2.10. The van der Waals surface area contributed by atoms with Gasteiger partial charge in [0.1, 0.15) is 5.82 Å². The molecule has 3 aromatic rings. The molecule has 1 amide bonds. The van der Waals surface area contributed by atoms with Crippen molar-refractivity contribution in [2.24, 2.45) is 0 Å². The second kappa shape index (κ2) is 7.39. The van der Waals surface area contributed by atoms with Crippen molar-refractivity contribution in [3.05, 3.63) is 65.1 Å². The molecular weight excluding hydrogens is 335 g/mol. The highest BCUT2D eigenvalue weighted by Gasteiger charge is 2.13. The Labute approximate surface area is 150 Å². The highest BCUT2D eigenvalue weighted by Crippen LogP contribution is 2.27. The molecule has 1 N–H and O–H groups in total. The van der Waals surface area contributed by atoms with Gasteiger partial charge in [0.15, 0.2) is 11.5 Å². The molecule has 26 heavy (non-hydrogen) atoms. The van der Waals surface area contributed by atoms with Crippen LogP contribution in [0.2, 0.25) is 0 Å². The molecule has 1 aromatic heterocycles. The van der Waals surface area contributed by atoms with Gasteiger partial charge in [-0.2, -0.15) is 0 Å². The van der Waals surface area contributed by atoms with Crippen LogP contribution in [0.1, 0.15) is 21.6 Å². The van der Waals surface area contributed by atoms with E-state index in [9.17, 15) is 9.18 Å². The lowest BCUT2D eigenvalue weighted by atomic mass is 10.1. The van der Waals surface area contributed by atoms with Gasteiger partial charge in [-0.3, -0.25) is 9.78 Å². The number of fused-ring (bicyclic) bond motifs is 1. The largest absolute Gasteiger partial charge is 0.493 e. The third-order valence-electron chi connectivity index (χ3n) is 4.05. The van der Waals surface area contributed by atoms with E-state index in [4.69, 9.17) is 9.47 Å². The van der Waals surface area contributed by atoms with Crippen LogP contribution in [0.15, 0.2) is 42.5 Å². The van der Waals surface area contributed by atoms with Crippen LogP contribution in [-0.2, 0) is 6.54 Å². The topological polar surface area (TPSA) is 60.5 Å². The Morgan fingerprint density at radius 2 is 1.85 bits per heavy atom. The van der Waals surface area contributed by atoms with Crippen LogP contribution >= 0.6 is 0 Å². The van der Waals surface area contributed by atoms with E-state index < -0.39 is 0 Å². The standard InChI is InChI=1S/C20H19FN2O3/c1-12-8-16(15-6-5-14(21)10-17(15)23-12)20(24)22-11-13-4-7-18(25-2)19(9-13)26-3/h4-10H,11H2,1-3H3,(H,22,24). The predicted octanol–water partition coefficient (Wildman–Crippen LogP) is 3.63. The van der Waals surface area contributed by atoms with Crippen LogP contribution in [0.4, 0.5) is 4.39 Å². The Hall–Kier alpha value is -3.15. The number of methoxy groups -OCH3 is 2. The maximum absolute atomic E-state index is 13.4. The minimum atomic E-state index is -0.382. The highest BCUT2D eigenvalue weighted by atomic mass is 19.1. The molecule has 0 bridgehead atoms. The fourth-order valence-electron chi connectivity index (χ4n) is 2.79. The first-order valence-electron chi connectivity index (χ1n) is 8.08. The van der Waals surface area contributed by atoms with Crippen molar-refractivity contribution >= 4 is 16.8 Å². The summed E-state index contributed by atoms with van der Waals surface area (Å²) in [5.41, 5.74) is 2.45. The SMILES string of the molecule is COc1ccc(CNC(=O)c2cc(C)nc3cc(F)ccc23)cc1OC. The van der Waals surface area contributed by atoms with Gasteiger partial charge < -0.3 is 14.8 Å². The van der Waals surface area contributed by atoms with Gasteiger partial charge in [-0.25, -0.2) is 4.39 Å². The summed E-state index contributed by atoms with van der Waals surface area (Å²) in [5, 5.41) is 3.49. The molecule has 0 spiro atoms. The molecule has 0 saturated heterocycles. The molecule has 0 aliphatic carbocycles. The number of pyridine rings is 1. The number of carbonyl (C=O) groups excluding carboxylic acids is 1. The van der Waals surface area contributed by atoms with Gasteiger partial charge in [0.25, 0.3) is 5.91 Å². The van der Waals surface area contributed by atoms with Crippen LogP contribution in [0, 0.1) is 12.7 Å². The first-order chi connectivity index (χ1) is 12.5. The normalized spacial score (nSPS) is 10.6. The molecule has 3 rings (SSSR count). The molecule has 0 radical (unpaired) electrons. The van der Waals surface area contributed by atoms with Gasteiger partial charge in [0, 0.05) is 23.7 Å². The minimum absolute atomic E-state index is 0.248. The lowest BCUT2D eigenvalue weighted by Crippen LogP contribution is -2.23. The lowest BCUT2D eigenvalue weighted by Gasteiger charge is -2.11. The van der Waals surface area contributed by atoms with E-state index in [1.807, 2.05) is 12.1 Å². The summed E-state index contributed by atoms with van der Waals surface area (Å²) in [6.07, 6.45) is 0. The Kier molecular flexibility index (Phi) is 5.02. The number of nitrogens with one attached hydrogen (secondary N) is 1. The summed E-state index contributed by atoms with van der Waals surface area (Å²) in [6, 6.07) is 11.4. The maximum Gasteiger partial charge on any atom is 0.252 e. The monoisotopic (exact) mass is 354 g/mol. The number of hydrogen-bond acceptors (Lipinski definition) is 4. The third-order valence-corrected chi connectivity index (χ3v) is 4.05. The Balaban J connectivity index is 1.84. The Morgan fingerprint density at radius 1 is 1.08 bits per heavy atom. The molecule has 1 heterocycles. The van der Waals surface area contributed by atoms with Gasteiger partial charge in [0.05, 0.1) is 25.3 Å². The zero-order chi connectivity index (χ0) is 18.7. The average molecular weight is 354 g/mol. The molecule has 0 unspecified atom stereocenters. The lowest BCUT2D eigenvalue weighted by molar-refractivity contribution is 0.0952. The summed E-state index contributed by atoms with van der Waals surface area (Å²) in [7, 11) is 3.13. The number of hydrogen-bond donors (Lipinski definition) is 1. The second-order valence-electron chi connectivity index (χ2n) is 5.84. The molecule has 0 aliphatic rings. The quantitative estimate of drug-likeness (QED) is 0.760. The molecular formula is C20H19FN2O3. The highest BCUT2D eigenvalue weighted by molar-refractivity contribution is 6.06. The number of halogens is 1. The van der Waals surface area contributed by atoms with Crippen molar-refractivity contribution in [3.8, 4) is 11.5 Å². The number of nitrogens with zero attached hydrogens (tertiary/aromatic N) is 1. The number of amides is 1. The van der Waals surface area contributed by atoms with Crippen LogP contribution < -0.4 is 14.8 Å². The van der Waals surface area contributed by atoms with Crippen molar-refractivity contribution in [1.29, 1.82) is 0 Å². The van der Waals surface area contributed by atoms with Gasteiger partial charge in [0.2, 0.25) is 0 Å². The minimum Gasteiger partial charge on any atom is -0.493 e. The van der Waals surface area contributed by atoms with Gasteiger partial charge in [-0.05, 0) is 42.8 Å². The average Bonchev–Trinajstić information content (AvgIpc) is 2.64. The van der Waals surface area contributed by atoms with Crippen LogP contribution in [0.25, 0.3) is 10.9 Å². The zero-order valence-corrected chi connectivity index (χ0v) is 14.8. The van der Waals surface area contributed by atoms with Gasteiger partial charge in [-0.1, -0.05) is 6.07 Å². The molecule has 2 aromatic carbocycles. The molecule has 0 fully saturated rings. The first-order valence-corrected chi connectivity index (χ1v) is 8.08. The van der Waals surface area contributed by atoms with Crippen molar-refractivity contribution in [3.63, 3.8) is 0 Å². The summed E-state index contributed by atoms with van der Waals surface area (Å²) in [4.78, 5) is 16.9. The van der Waals surface area contributed by atoms with E-state index in [1.165, 1.54) is 12.1 Å². The molecule has 6 heteroatoms. The fraction of sp³-hybridized carbons (Fsp3) is 0.200. The van der Waals surface area contributed by atoms with E-state index in [0.29, 0.717) is 40.2 Å². The van der Waals surface area contributed by atoms with E-state index in [0.717, 1.165) is 5.56 Å². The summed E-state index contributed by atoms with van der Waals surface area (Å²) < 4.78 is 23.9. The van der Waals surface area contributed by atoms with E-state index in [2.05, 4.69) is 10.3 Å². The molecule has 0 atom stereocenters. The van der Waals surface area contributed by atoms with Crippen molar-refractivity contribution < 1.29 is 18.7 Å². The number of rotatable bonds is 5. The second-order valence-corrected chi connectivity index (χ2v) is 5.84. The Morgan fingerprint density at radius 3 is 2.58 bits per heavy atom. The molecule has 0 aliphatic heterocycles. The number of aryl methyl sites for hydroxylation is 1. The number of benzene rings is 2. The smallest absolute Gasteiger partial charge is 0.252 e. The zero-order valence-electron chi connectivity index (χ0n) is 14.8. The number of carbonyl (C=O) groups is 1. The van der Waals surface area contributed by atoms with Crippen molar-refractivity contribution in [2.45, 2.75) is 13.5 Å². The van der Waals surface area contributed by atoms with E-state index in [1.54, 1.807) is 39.3 Å². The first kappa shape index (κ1) is 17.7. The molecule has 134 valence electrons. The summed E-state index contributed by atoms with van der Waals surface area (Å²) >= 11 is 0. The van der Waals surface area contributed by atoms with Gasteiger partial charge >= 0.3 is 0 Å². The maximum atomic E-state index is 13.4. The predicted molar refractivity (Wildman–Crippen MR) is 97.2 cm³/mol.